The van der Waals surface area contributed by atoms with Gasteiger partial charge in [0.1, 0.15) is 5.75 Å². The predicted octanol–water partition coefficient (Wildman–Crippen LogP) is 3.06. The molecule has 5 heteroatoms. The molecule has 1 rings (SSSR count). The van der Waals surface area contributed by atoms with Crippen molar-refractivity contribution in [2.75, 3.05) is 20.3 Å². The Morgan fingerprint density at radius 3 is 2.84 bits per heavy atom. The molecule has 0 aromatic heterocycles. The largest absolute Gasteiger partial charge is 0.482 e. The molecule has 0 spiro atoms. The summed E-state index contributed by atoms with van der Waals surface area (Å²) >= 11 is 3.41. The van der Waals surface area contributed by atoms with E-state index >= 15 is 0 Å². The number of hydrogen-bond donors (Lipinski definition) is 1. The molecule has 19 heavy (non-hydrogen) atoms. The number of carbonyl (C=O) groups is 1. The molecule has 4 nitrogen and oxygen atoms in total. The summed E-state index contributed by atoms with van der Waals surface area (Å²) in [5.41, 5.74) is 1.03. The van der Waals surface area contributed by atoms with Gasteiger partial charge in [-0.2, -0.15) is 0 Å². The zero-order valence-corrected chi connectivity index (χ0v) is 13.1. The molecule has 1 aromatic carbocycles. The van der Waals surface area contributed by atoms with Gasteiger partial charge in [0.25, 0.3) is 0 Å². The predicted molar refractivity (Wildman–Crippen MR) is 78.4 cm³/mol. The van der Waals surface area contributed by atoms with Crippen LogP contribution in [0.5, 0.6) is 5.75 Å². The van der Waals surface area contributed by atoms with E-state index in [2.05, 4.69) is 39.8 Å². The van der Waals surface area contributed by atoms with Crippen LogP contribution in [-0.2, 0) is 9.53 Å². The maximum absolute atomic E-state index is 11.1. The van der Waals surface area contributed by atoms with Crippen LogP contribution in [0.15, 0.2) is 22.7 Å². The normalized spacial score (nSPS) is 12.0. The third kappa shape index (κ3) is 5.20. The number of halogens is 1. The van der Waals surface area contributed by atoms with Crippen LogP contribution in [0.4, 0.5) is 0 Å². The van der Waals surface area contributed by atoms with E-state index in [1.807, 2.05) is 18.2 Å². The highest BCUT2D eigenvalue weighted by atomic mass is 79.9. The Balaban J connectivity index is 2.81. The van der Waals surface area contributed by atoms with E-state index in [-0.39, 0.29) is 18.6 Å². The van der Waals surface area contributed by atoms with Crippen molar-refractivity contribution in [3.8, 4) is 5.75 Å². The summed E-state index contributed by atoms with van der Waals surface area (Å²) in [5.74, 6) is 0.302. The van der Waals surface area contributed by atoms with Crippen LogP contribution in [0, 0.1) is 0 Å². The number of ether oxygens (including phenoxy) is 2. The number of rotatable bonds is 7. The van der Waals surface area contributed by atoms with Crippen LogP contribution >= 0.6 is 15.9 Å². The molecule has 1 unspecified atom stereocenters. The molecule has 0 heterocycles. The van der Waals surface area contributed by atoms with E-state index in [0.29, 0.717) is 5.75 Å². The average molecular weight is 330 g/mol. The number of esters is 1. The van der Waals surface area contributed by atoms with Crippen molar-refractivity contribution in [1.29, 1.82) is 0 Å². The molecule has 0 saturated heterocycles. The molecule has 0 aliphatic carbocycles. The zero-order valence-electron chi connectivity index (χ0n) is 11.5. The molecular weight excluding hydrogens is 310 g/mol. The molecule has 0 bridgehead atoms. The van der Waals surface area contributed by atoms with E-state index in [1.165, 1.54) is 7.11 Å². The van der Waals surface area contributed by atoms with Crippen LogP contribution in [0.1, 0.15) is 31.9 Å². The summed E-state index contributed by atoms with van der Waals surface area (Å²) < 4.78 is 11.0. The van der Waals surface area contributed by atoms with Gasteiger partial charge in [0.15, 0.2) is 6.61 Å². The molecule has 106 valence electrons. The molecular formula is C14H20BrNO3. The lowest BCUT2D eigenvalue weighted by Crippen LogP contribution is -2.21. The van der Waals surface area contributed by atoms with Crippen LogP contribution in [-0.4, -0.2) is 26.2 Å². The van der Waals surface area contributed by atoms with Gasteiger partial charge in [-0.1, -0.05) is 28.9 Å². The summed E-state index contributed by atoms with van der Waals surface area (Å²) in [7, 11) is 1.35. The summed E-state index contributed by atoms with van der Waals surface area (Å²) in [5, 5.41) is 3.40. The first-order chi connectivity index (χ1) is 9.08. The van der Waals surface area contributed by atoms with Gasteiger partial charge >= 0.3 is 5.97 Å². The molecule has 1 N–H and O–H groups in total. The number of nitrogens with one attached hydrogen (secondary N) is 1. The average Bonchev–Trinajstić information content (AvgIpc) is 2.42. The van der Waals surface area contributed by atoms with E-state index < -0.39 is 0 Å². The summed E-state index contributed by atoms with van der Waals surface area (Å²) in [6.45, 7) is 5.05. The van der Waals surface area contributed by atoms with E-state index in [4.69, 9.17) is 4.74 Å². The molecule has 0 amide bonds. The molecule has 1 atom stereocenters. The summed E-state index contributed by atoms with van der Waals surface area (Å²) in [6, 6.07) is 5.98. The van der Waals surface area contributed by atoms with E-state index in [9.17, 15) is 4.79 Å². The highest BCUT2D eigenvalue weighted by molar-refractivity contribution is 9.10. The van der Waals surface area contributed by atoms with E-state index in [1.54, 1.807) is 0 Å². The maximum Gasteiger partial charge on any atom is 0.343 e. The molecule has 0 fully saturated rings. The van der Waals surface area contributed by atoms with E-state index in [0.717, 1.165) is 23.0 Å². The van der Waals surface area contributed by atoms with Crippen LogP contribution in [0.25, 0.3) is 0 Å². The highest BCUT2D eigenvalue weighted by Crippen LogP contribution is 2.28. The summed E-state index contributed by atoms with van der Waals surface area (Å²) in [4.78, 5) is 11.1. The van der Waals surface area contributed by atoms with Crippen molar-refractivity contribution < 1.29 is 14.3 Å². The van der Waals surface area contributed by atoms with Gasteiger partial charge in [0.2, 0.25) is 0 Å². The third-order valence-electron chi connectivity index (χ3n) is 2.72. The lowest BCUT2D eigenvalue weighted by molar-refractivity contribution is -0.142. The Kier molecular flexibility index (Phi) is 6.87. The Hall–Kier alpha value is -1.07. The topological polar surface area (TPSA) is 47.6 Å². The monoisotopic (exact) mass is 329 g/mol. The Labute approximate surface area is 122 Å². The first-order valence-corrected chi connectivity index (χ1v) is 7.10. The van der Waals surface area contributed by atoms with Gasteiger partial charge in [-0.25, -0.2) is 4.79 Å². The molecule has 0 aliphatic heterocycles. The lowest BCUT2D eigenvalue weighted by Gasteiger charge is -2.18. The van der Waals surface area contributed by atoms with Gasteiger partial charge in [-0.3, -0.25) is 0 Å². The fourth-order valence-electron chi connectivity index (χ4n) is 1.66. The first-order valence-electron chi connectivity index (χ1n) is 6.31. The molecule has 0 aliphatic rings. The second-order valence-electron chi connectivity index (χ2n) is 4.22. The zero-order chi connectivity index (χ0) is 14.3. The van der Waals surface area contributed by atoms with Gasteiger partial charge in [-0.05, 0) is 32.0 Å². The second kappa shape index (κ2) is 8.17. The molecule has 0 radical (unpaired) electrons. The number of hydrogen-bond acceptors (Lipinski definition) is 4. The highest BCUT2D eigenvalue weighted by Gasteiger charge is 2.13. The van der Waals surface area contributed by atoms with Gasteiger partial charge in [0, 0.05) is 16.1 Å². The second-order valence-corrected chi connectivity index (χ2v) is 5.14. The quantitative estimate of drug-likeness (QED) is 0.781. The van der Waals surface area contributed by atoms with Crippen LogP contribution in [0.2, 0.25) is 0 Å². The number of methoxy groups -OCH3 is 1. The maximum atomic E-state index is 11.1. The van der Waals surface area contributed by atoms with Gasteiger partial charge < -0.3 is 14.8 Å². The standard InChI is InChI=1S/C14H20BrNO3/c1-4-7-16-10(2)12-6-5-11(15)8-13(12)19-9-14(17)18-3/h5-6,8,10,16H,4,7,9H2,1-3H3. The number of benzene rings is 1. The van der Waals surface area contributed by atoms with Crippen molar-refractivity contribution in [2.45, 2.75) is 26.3 Å². The van der Waals surface area contributed by atoms with Crippen molar-refractivity contribution in [1.82, 2.24) is 5.32 Å². The summed E-state index contributed by atoms with van der Waals surface area (Å²) in [6.07, 6.45) is 1.07. The minimum absolute atomic E-state index is 0.0829. The number of carbonyl (C=O) groups excluding carboxylic acids is 1. The Morgan fingerprint density at radius 1 is 1.47 bits per heavy atom. The Bertz CT molecular complexity index is 423. The minimum atomic E-state index is -0.389. The van der Waals surface area contributed by atoms with Crippen molar-refractivity contribution in [2.24, 2.45) is 0 Å². The lowest BCUT2D eigenvalue weighted by atomic mass is 10.1. The first kappa shape index (κ1) is 16.0. The minimum Gasteiger partial charge on any atom is -0.482 e. The Morgan fingerprint density at radius 2 is 2.21 bits per heavy atom. The van der Waals surface area contributed by atoms with Crippen molar-refractivity contribution in [3.63, 3.8) is 0 Å². The van der Waals surface area contributed by atoms with Crippen LogP contribution in [0.3, 0.4) is 0 Å². The van der Waals surface area contributed by atoms with Crippen LogP contribution < -0.4 is 10.1 Å². The van der Waals surface area contributed by atoms with Gasteiger partial charge in [0.05, 0.1) is 7.11 Å². The molecule has 1 aromatic rings. The third-order valence-corrected chi connectivity index (χ3v) is 3.21. The fraction of sp³-hybridized carbons (Fsp3) is 0.500. The SMILES string of the molecule is CCCNC(C)c1ccc(Br)cc1OCC(=O)OC. The fourth-order valence-corrected chi connectivity index (χ4v) is 2.00. The van der Waals surface area contributed by atoms with Gasteiger partial charge in [-0.15, -0.1) is 0 Å². The van der Waals surface area contributed by atoms with Crippen molar-refractivity contribution >= 4 is 21.9 Å². The smallest absolute Gasteiger partial charge is 0.343 e. The van der Waals surface area contributed by atoms with Crippen molar-refractivity contribution in [3.05, 3.63) is 28.2 Å². The molecule has 0 saturated carbocycles.